The van der Waals surface area contributed by atoms with Crippen LogP contribution < -0.4 is 11.1 Å². The maximum Gasteiger partial charge on any atom is 0.324 e. The lowest BCUT2D eigenvalue weighted by Crippen LogP contribution is -2.37. The zero-order valence-corrected chi connectivity index (χ0v) is 11.3. The van der Waals surface area contributed by atoms with Crippen LogP contribution in [-0.2, 0) is 4.79 Å². The molecule has 20 heavy (non-hydrogen) atoms. The van der Waals surface area contributed by atoms with E-state index in [1.54, 1.807) is 12.1 Å². The van der Waals surface area contributed by atoms with Gasteiger partial charge in [0.1, 0.15) is 11.9 Å². The summed E-state index contributed by atoms with van der Waals surface area (Å²) < 4.78 is 12.8. The lowest BCUT2D eigenvalue weighted by Gasteiger charge is -2.18. The molecule has 1 fully saturated rings. The van der Waals surface area contributed by atoms with Crippen LogP contribution in [0.3, 0.4) is 0 Å². The number of hydrogen-bond acceptors (Lipinski definition) is 3. The van der Waals surface area contributed by atoms with Crippen LogP contribution in [0.25, 0.3) is 0 Å². The Labute approximate surface area is 116 Å². The largest absolute Gasteiger partial charge is 0.326 e. The van der Waals surface area contributed by atoms with E-state index in [2.05, 4.69) is 5.32 Å². The van der Waals surface area contributed by atoms with Gasteiger partial charge in [0.25, 0.3) is 5.91 Å². The first kappa shape index (κ1) is 14.5. The summed E-state index contributed by atoms with van der Waals surface area (Å²) in [5.74, 6) is -0.589. The molecule has 1 aliphatic rings. The van der Waals surface area contributed by atoms with E-state index < -0.39 is 18.1 Å². The number of urea groups is 1. The zero-order chi connectivity index (χ0) is 14.7. The van der Waals surface area contributed by atoms with Gasteiger partial charge in [0.2, 0.25) is 0 Å². The molecule has 2 unspecified atom stereocenters. The minimum absolute atomic E-state index is 0.0938. The molecule has 0 radical (unpaired) electrons. The molecule has 3 amide bonds. The van der Waals surface area contributed by atoms with Crippen molar-refractivity contribution in [3.05, 3.63) is 35.6 Å². The predicted molar refractivity (Wildman–Crippen MR) is 72.3 cm³/mol. The van der Waals surface area contributed by atoms with E-state index in [1.807, 2.05) is 6.92 Å². The van der Waals surface area contributed by atoms with Gasteiger partial charge in [-0.05, 0) is 24.1 Å². The fourth-order valence-electron chi connectivity index (χ4n) is 2.25. The third-order valence-corrected chi connectivity index (χ3v) is 3.36. The molecule has 1 heterocycles. The second-order valence-corrected chi connectivity index (χ2v) is 4.90. The van der Waals surface area contributed by atoms with Crippen molar-refractivity contribution >= 4 is 11.9 Å². The monoisotopic (exact) mass is 279 g/mol. The summed E-state index contributed by atoms with van der Waals surface area (Å²) in [6.07, 6.45) is 1.43. The van der Waals surface area contributed by atoms with Crippen molar-refractivity contribution in [2.45, 2.75) is 31.8 Å². The van der Waals surface area contributed by atoms with E-state index in [-0.39, 0.29) is 18.3 Å². The SMILES string of the molecule is CCCC1NC(=O)N(CC(N)c2ccc(F)cc2)C1=O. The van der Waals surface area contributed by atoms with Crippen molar-refractivity contribution in [2.75, 3.05) is 6.54 Å². The van der Waals surface area contributed by atoms with Crippen molar-refractivity contribution < 1.29 is 14.0 Å². The van der Waals surface area contributed by atoms with Crippen molar-refractivity contribution in [1.29, 1.82) is 0 Å². The molecule has 6 heteroatoms. The Morgan fingerprint density at radius 3 is 2.60 bits per heavy atom. The summed E-state index contributed by atoms with van der Waals surface area (Å²) in [4.78, 5) is 25.0. The van der Waals surface area contributed by atoms with Gasteiger partial charge in [0.15, 0.2) is 0 Å². The molecule has 1 aliphatic heterocycles. The topological polar surface area (TPSA) is 75.4 Å². The third-order valence-electron chi connectivity index (χ3n) is 3.36. The Balaban J connectivity index is 2.04. The molecule has 2 atom stereocenters. The van der Waals surface area contributed by atoms with Gasteiger partial charge in [-0.15, -0.1) is 0 Å². The molecular formula is C14H18FN3O2. The first-order valence-electron chi connectivity index (χ1n) is 6.66. The molecule has 0 bridgehead atoms. The minimum Gasteiger partial charge on any atom is -0.326 e. The fraction of sp³-hybridized carbons (Fsp3) is 0.429. The Bertz CT molecular complexity index is 504. The van der Waals surface area contributed by atoms with Gasteiger partial charge in [0.05, 0.1) is 0 Å². The first-order valence-corrected chi connectivity index (χ1v) is 6.66. The van der Waals surface area contributed by atoms with Crippen molar-refractivity contribution in [3.63, 3.8) is 0 Å². The molecule has 5 nitrogen and oxygen atoms in total. The smallest absolute Gasteiger partial charge is 0.324 e. The lowest BCUT2D eigenvalue weighted by atomic mass is 10.1. The Kier molecular flexibility index (Phi) is 4.34. The molecule has 3 N–H and O–H groups in total. The van der Waals surface area contributed by atoms with E-state index in [0.717, 1.165) is 11.3 Å². The molecule has 1 aromatic rings. The quantitative estimate of drug-likeness (QED) is 0.803. The number of nitrogens with zero attached hydrogens (tertiary/aromatic N) is 1. The maximum atomic E-state index is 12.8. The van der Waals surface area contributed by atoms with E-state index in [4.69, 9.17) is 5.73 Å². The highest BCUT2D eigenvalue weighted by Gasteiger charge is 2.37. The van der Waals surface area contributed by atoms with Crippen LogP contribution in [0, 0.1) is 5.82 Å². The van der Waals surface area contributed by atoms with Gasteiger partial charge in [-0.25, -0.2) is 9.18 Å². The number of nitrogens with two attached hydrogens (primary N) is 1. The first-order chi connectivity index (χ1) is 9.52. The van der Waals surface area contributed by atoms with Gasteiger partial charge in [-0.3, -0.25) is 9.69 Å². The number of carbonyl (C=O) groups excluding carboxylic acids is 2. The summed E-state index contributed by atoms with van der Waals surface area (Å²) in [6.45, 7) is 2.04. The van der Waals surface area contributed by atoms with Crippen molar-refractivity contribution in [2.24, 2.45) is 5.73 Å². The summed E-state index contributed by atoms with van der Waals surface area (Å²) in [7, 11) is 0. The summed E-state index contributed by atoms with van der Waals surface area (Å²) >= 11 is 0. The van der Waals surface area contributed by atoms with Gasteiger partial charge in [-0.2, -0.15) is 0 Å². The number of amides is 3. The van der Waals surface area contributed by atoms with Crippen molar-refractivity contribution in [1.82, 2.24) is 10.2 Å². The Hall–Kier alpha value is -1.95. The molecule has 2 rings (SSSR count). The van der Waals surface area contributed by atoms with E-state index in [0.29, 0.717) is 12.0 Å². The Morgan fingerprint density at radius 1 is 1.35 bits per heavy atom. The van der Waals surface area contributed by atoms with Gasteiger partial charge >= 0.3 is 6.03 Å². The van der Waals surface area contributed by atoms with Crippen LogP contribution in [0.2, 0.25) is 0 Å². The second kappa shape index (κ2) is 6.00. The number of carbonyl (C=O) groups is 2. The average molecular weight is 279 g/mol. The van der Waals surface area contributed by atoms with Crippen LogP contribution in [0.1, 0.15) is 31.4 Å². The predicted octanol–water partition coefficient (Wildman–Crippen LogP) is 1.55. The maximum absolute atomic E-state index is 12.8. The number of imide groups is 1. The molecular weight excluding hydrogens is 261 g/mol. The van der Waals surface area contributed by atoms with Gasteiger partial charge in [-0.1, -0.05) is 25.5 Å². The molecule has 1 aromatic carbocycles. The van der Waals surface area contributed by atoms with Crippen LogP contribution in [0.15, 0.2) is 24.3 Å². The highest BCUT2D eigenvalue weighted by molar-refractivity contribution is 6.04. The number of halogens is 1. The summed E-state index contributed by atoms with van der Waals surface area (Å²) in [6, 6.07) is 4.34. The number of benzene rings is 1. The van der Waals surface area contributed by atoms with Crippen LogP contribution >= 0.6 is 0 Å². The normalized spacial score (nSPS) is 20.1. The molecule has 108 valence electrons. The van der Waals surface area contributed by atoms with Crippen molar-refractivity contribution in [3.8, 4) is 0 Å². The van der Waals surface area contributed by atoms with Gasteiger partial charge in [0, 0.05) is 12.6 Å². The van der Waals surface area contributed by atoms with Gasteiger partial charge < -0.3 is 11.1 Å². The number of hydrogen-bond donors (Lipinski definition) is 2. The average Bonchev–Trinajstić information content (AvgIpc) is 2.68. The van der Waals surface area contributed by atoms with Crippen LogP contribution in [0.4, 0.5) is 9.18 Å². The van der Waals surface area contributed by atoms with E-state index in [1.165, 1.54) is 12.1 Å². The van der Waals surface area contributed by atoms with Crippen LogP contribution in [0.5, 0.6) is 0 Å². The lowest BCUT2D eigenvalue weighted by molar-refractivity contribution is -0.127. The summed E-state index contributed by atoms with van der Waals surface area (Å²) in [5, 5.41) is 2.64. The van der Waals surface area contributed by atoms with E-state index in [9.17, 15) is 14.0 Å². The number of nitrogens with one attached hydrogen (secondary N) is 1. The summed E-state index contributed by atoms with van der Waals surface area (Å²) in [5.41, 5.74) is 6.66. The molecule has 0 spiro atoms. The Morgan fingerprint density at radius 2 is 2.00 bits per heavy atom. The fourth-order valence-corrected chi connectivity index (χ4v) is 2.25. The second-order valence-electron chi connectivity index (χ2n) is 4.90. The molecule has 1 saturated heterocycles. The van der Waals surface area contributed by atoms with E-state index >= 15 is 0 Å². The number of rotatable bonds is 5. The molecule has 0 aliphatic carbocycles. The van der Waals surface area contributed by atoms with Crippen LogP contribution in [-0.4, -0.2) is 29.4 Å². The molecule has 0 saturated carbocycles. The highest BCUT2D eigenvalue weighted by atomic mass is 19.1. The third kappa shape index (κ3) is 2.96. The standard InChI is InChI=1S/C14H18FN3O2/c1-2-3-12-13(19)18(14(20)17-12)8-11(16)9-4-6-10(15)7-5-9/h4-7,11-12H,2-3,8,16H2,1H3,(H,17,20). The minimum atomic E-state index is -0.523. The zero-order valence-electron chi connectivity index (χ0n) is 11.3. The highest BCUT2D eigenvalue weighted by Crippen LogP contribution is 2.17. The molecule has 0 aromatic heterocycles.